The molecule has 2 aromatic rings. The molecule has 1 aromatic carbocycles. The van der Waals surface area contributed by atoms with Gasteiger partial charge >= 0.3 is 0 Å². The fraction of sp³-hybridized carbons (Fsp3) is 0.571. The van der Waals surface area contributed by atoms with E-state index in [1.807, 2.05) is 32.9 Å². The van der Waals surface area contributed by atoms with Crippen LogP contribution < -0.4 is 15.8 Å². The smallest absolute Gasteiger partial charge is 0.274 e. The van der Waals surface area contributed by atoms with E-state index >= 15 is 0 Å². The highest BCUT2D eigenvalue weighted by Crippen LogP contribution is 2.21. The van der Waals surface area contributed by atoms with Crippen LogP contribution >= 0.6 is 0 Å². The molecule has 0 bridgehead atoms. The van der Waals surface area contributed by atoms with Crippen LogP contribution in [0.5, 0.6) is 0 Å². The van der Waals surface area contributed by atoms with Gasteiger partial charge in [0, 0.05) is 49.5 Å². The first-order chi connectivity index (χ1) is 13.2. The minimum absolute atomic E-state index is 0.208. The maximum absolute atomic E-state index is 12.2. The Bertz CT molecular complexity index is 829. The minimum Gasteiger partial charge on any atom is -0.369 e. The number of aromatic nitrogens is 3. The summed E-state index contributed by atoms with van der Waals surface area (Å²) in [6.45, 7) is 15.9. The lowest BCUT2D eigenvalue weighted by molar-refractivity contribution is 0.231. The number of benzene rings is 1. The van der Waals surface area contributed by atoms with Crippen LogP contribution in [0.15, 0.2) is 29.1 Å². The summed E-state index contributed by atoms with van der Waals surface area (Å²) in [4.78, 5) is 19.9. The lowest BCUT2D eigenvalue weighted by atomic mass is 9.93. The van der Waals surface area contributed by atoms with Gasteiger partial charge in [0.25, 0.3) is 5.56 Å². The number of nitrogens with one attached hydrogen (secondary N) is 2. The topological polar surface area (TPSA) is 77.2 Å². The lowest BCUT2D eigenvalue weighted by Crippen LogP contribution is -2.47. The Balaban J connectivity index is 1.61. The molecule has 3 rings (SSSR count). The molecule has 2 N–H and O–H groups in total. The second kappa shape index (κ2) is 8.31. The Hall–Kier alpha value is -2.41. The van der Waals surface area contributed by atoms with Gasteiger partial charge in [0.15, 0.2) is 0 Å². The van der Waals surface area contributed by atoms with Crippen LogP contribution in [0.4, 0.5) is 17.3 Å². The summed E-state index contributed by atoms with van der Waals surface area (Å²) in [5.41, 5.74) is 1.99. The van der Waals surface area contributed by atoms with Crippen LogP contribution in [-0.4, -0.2) is 52.8 Å². The number of nitrogens with zero attached hydrogens (tertiary/aromatic N) is 4. The van der Waals surface area contributed by atoms with E-state index in [4.69, 9.17) is 0 Å². The number of aromatic amines is 1. The summed E-state index contributed by atoms with van der Waals surface area (Å²) in [5.74, 6) is 1.07. The minimum atomic E-state index is -0.333. The van der Waals surface area contributed by atoms with Crippen LogP contribution in [0.25, 0.3) is 0 Å². The van der Waals surface area contributed by atoms with Crippen LogP contribution in [-0.2, 0) is 5.41 Å². The summed E-state index contributed by atoms with van der Waals surface area (Å²) < 4.78 is 0. The summed E-state index contributed by atoms with van der Waals surface area (Å²) in [5, 5.41) is 11.3. The summed E-state index contributed by atoms with van der Waals surface area (Å²) in [6.07, 6.45) is 0. The molecular weight excluding hydrogens is 352 g/mol. The fourth-order valence-electron chi connectivity index (χ4n) is 3.48. The number of hydrogen-bond acceptors (Lipinski definition) is 6. The van der Waals surface area contributed by atoms with Gasteiger partial charge in [-0.3, -0.25) is 14.7 Å². The lowest BCUT2D eigenvalue weighted by Gasteiger charge is -2.36. The Kier molecular flexibility index (Phi) is 6.03. The molecular formula is C21H32N6O. The van der Waals surface area contributed by atoms with Gasteiger partial charge < -0.3 is 10.2 Å². The predicted octanol–water partition coefficient (Wildman–Crippen LogP) is 2.98. The zero-order chi connectivity index (χ0) is 20.3. The zero-order valence-corrected chi connectivity index (χ0v) is 17.6. The molecule has 1 saturated heterocycles. The maximum atomic E-state index is 12.2. The first-order valence-electron chi connectivity index (χ1n) is 10.0. The number of H-pyrrole nitrogens is 1. The zero-order valence-electron chi connectivity index (χ0n) is 17.6. The number of anilines is 3. The maximum Gasteiger partial charge on any atom is 0.274 e. The molecule has 0 aliphatic carbocycles. The van der Waals surface area contributed by atoms with E-state index in [9.17, 15) is 4.79 Å². The molecule has 2 heterocycles. The van der Waals surface area contributed by atoms with Crippen molar-refractivity contribution in [1.82, 2.24) is 20.1 Å². The molecule has 0 amide bonds. The van der Waals surface area contributed by atoms with Gasteiger partial charge in [-0.2, -0.15) is 0 Å². The van der Waals surface area contributed by atoms with E-state index in [1.54, 1.807) is 0 Å². The van der Waals surface area contributed by atoms with Crippen molar-refractivity contribution >= 4 is 17.3 Å². The van der Waals surface area contributed by atoms with Crippen LogP contribution in [0.2, 0.25) is 0 Å². The Morgan fingerprint density at radius 1 is 1.07 bits per heavy atom. The van der Waals surface area contributed by atoms with Gasteiger partial charge in [-0.05, 0) is 30.2 Å². The second-order valence-corrected chi connectivity index (χ2v) is 8.95. The highest BCUT2D eigenvalue weighted by Gasteiger charge is 2.21. The molecule has 0 atom stereocenters. The van der Waals surface area contributed by atoms with Gasteiger partial charge in [-0.1, -0.05) is 34.6 Å². The first kappa shape index (κ1) is 20.3. The fourth-order valence-corrected chi connectivity index (χ4v) is 3.48. The Labute approximate surface area is 167 Å². The van der Waals surface area contributed by atoms with Gasteiger partial charge in [0.1, 0.15) is 5.69 Å². The normalized spacial score (nSPS) is 15.9. The predicted molar refractivity (Wildman–Crippen MR) is 115 cm³/mol. The average molecular weight is 385 g/mol. The third kappa shape index (κ3) is 5.10. The Morgan fingerprint density at radius 2 is 1.71 bits per heavy atom. The van der Waals surface area contributed by atoms with Crippen molar-refractivity contribution in [3.05, 3.63) is 40.3 Å². The van der Waals surface area contributed by atoms with Gasteiger partial charge in [-0.25, -0.2) is 0 Å². The van der Waals surface area contributed by atoms with Crippen molar-refractivity contribution in [2.75, 3.05) is 42.9 Å². The molecule has 1 aliphatic heterocycles. The number of piperazine rings is 1. The first-order valence-corrected chi connectivity index (χ1v) is 10.0. The van der Waals surface area contributed by atoms with Crippen molar-refractivity contribution < 1.29 is 0 Å². The van der Waals surface area contributed by atoms with Crippen molar-refractivity contribution in [3.63, 3.8) is 0 Å². The molecule has 1 aliphatic rings. The van der Waals surface area contributed by atoms with Gasteiger partial charge in [0.2, 0.25) is 5.95 Å². The number of hydrogen-bond donors (Lipinski definition) is 2. The van der Waals surface area contributed by atoms with E-state index in [1.165, 1.54) is 12.2 Å². The molecule has 0 radical (unpaired) electrons. The van der Waals surface area contributed by atoms with E-state index in [2.05, 4.69) is 56.3 Å². The molecule has 152 valence electrons. The van der Waals surface area contributed by atoms with Crippen molar-refractivity contribution in [2.24, 2.45) is 5.92 Å². The third-order valence-electron chi connectivity index (χ3n) is 4.90. The molecule has 0 spiro atoms. The summed E-state index contributed by atoms with van der Waals surface area (Å²) in [6, 6.07) is 8.23. The standard InChI is InChI=1S/C21H32N6O/c1-15(2)14-26-10-12-27(13-11-26)17-8-6-16(7-9-17)22-20-23-19(28)18(24-25-20)21(3,4)5/h6-9,15H,10-14H2,1-5H3,(H2,22,23,25,28). The molecule has 7 heteroatoms. The molecule has 0 saturated carbocycles. The highest BCUT2D eigenvalue weighted by atomic mass is 16.1. The van der Waals surface area contributed by atoms with Crippen molar-refractivity contribution in [2.45, 2.75) is 40.0 Å². The van der Waals surface area contributed by atoms with Gasteiger partial charge in [0.05, 0.1) is 0 Å². The van der Waals surface area contributed by atoms with Crippen molar-refractivity contribution in [3.8, 4) is 0 Å². The largest absolute Gasteiger partial charge is 0.369 e. The number of rotatable bonds is 5. The van der Waals surface area contributed by atoms with Crippen LogP contribution in [0, 0.1) is 5.92 Å². The van der Waals surface area contributed by atoms with E-state index in [0.29, 0.717) is 17.6 Å². The Morgan fingerprint density at radius 3 is 2.25 bits per heavy atom. The molecule has 1 aromatic heterocycles. The van der Waals surface area contributed by atoms with Crippen LogP contribution in [0.1, 0.15) is 40.3 Å². The molecule has 1 fully saturated rings. The average Bonchev–Trinajstić information content (AvgIpc) is 2.61. The van der Waals surface area contributed by atoms with Crippen LogP contribution in [0.3, 0.4) is 0 Å². The summed E-state index contributed by atoms with van der Waals surface area (Å²) in [7, 11) is 0. The van der Waals surface area contributed by atoms with E-state index in [-0.39, 0.29) is 11.0 Å². The highest BCUT2D eigenvalue weighted by molar-refractivity contribution is 5.59. The monoisotopic (exact) mass is 384 g/mol. The van der Waals surface area contributed by atoms with E-state index < -0.39 is 0 Å². The molecule has 7 nitrogen and oxygen atoms in total. The SMILES string of the molecule is CC(C)CN1CCN(c2ccc(Nc3nnc(C(C)(C)C)c(=O)[nH]3)cc2)CC1. The molecule has 0 unspecified atom stereocenters. The van der Waals surface area contributed by atoms with Crippen molar-refractivity contribution in [1.29, 1.82) is 0 Å². The quantitative estimate of drug-likeness (QED) is 0.825. The third-order valence-corrected chi connectivity index (χ3v) is 4.90. The summed E-state index contributed by atoms with van der Waals surface area (Å²) >= 11 is 0. The molecule has 28 heavy (non-hydrogen) atoms. The second-order valence-electron chi connectivity index (χ2n) is 8.95. The van der Waals surface area contributed by atoms with E-state index in [0.717, 1.165) is 31.9 Å². The van der Waals surface area contributed by atoms with Gasteiger partial charge in [-0.15, -0.1) is 10.2 Å².